The van der Waals surface area contributed by atoms with E-state index in [4.69, 9.17) is 0 Å². The Labute approximate surface area is 218 Å². The maximum atomic E-state index is 10.5. The van der Waals surface area contributed by atoms with Gasteiger partial charge in [0.15, 0.2) is 0 Å². The monoisotopic (exact) mass is 444 g/mol. The predicted molar refractivity (Wildman–Crippen MR) is 114 cm³/mol. The van der Waals surface area contributed by atoms with E-state index in [0.29, 0.717) is 6.42 Å². The molecule has 0 bridgehead atoms. The maximum Gasteiger partial charge on any atom is 1.00 e. The van der Waals surface area contributed by atoms with E-state index in [9.17, 15) is 18.1 Å². The molecule has 0 fully saturated rings. The third kappa shape index (κ3) is 27.5. The quantitative estimate of drug-likeness (QED) is 0.167. The number of rotatable bonds is 21. The van der Waals surface area contributed by atoms with Crippen LogP contribution in [-0.4, -0.2) is 29.9 Å². The molecule has 0 radical (unpaired) electrons. The van der Waals surface area contributed by atoms with Gasteiger partial charge < -0.3 is 9.66 Å². The molecule has 0 aliphatic rings. The van der Waals surface area contributed by atoms with Crippen LogP contribution in [0.3, 0.4) is 0 Å². The second-order valence-corrected chi connectivity index (χ2v) is 9.67. The summed E-state index contributed by atoms with van der Waals surface area (Å²) in [6.07, 6.45) is 21.8. The molecule has 1 N–H and O–H groups in total. The van der Waals surface area contributed by atoms with Gasteiger partial charge in [-0.2, -0.15) is 0 Å². The number of aliphatic hydroxyl groups is 1. The molecule has 0 saturated carbocycles. The van der Waals surface area contributed by atoms with E-state index >= 15 is 0 Å². The molecule has 0 aliphatic heterocycles. The summed E-state index contributed by atoms with van der Waals surface area (Å²) in [4.78, 5) is 0. The summed E-state index contributed by atoms with van der Waals surface area (Å²) in [5, 5.41) is 10.0. The van der Waals surface area contributed by atoms with Gasteiger partial charge in [-0.1, -0.05) is 110 Å². The van der Waals surface area contributed by atoms with Crippen LogP contribution in [0.1, 0.15) is 129 Å². The number of aliphatic hydroxyl groups excluding tert-OH is 1. The Hall–Kier alpha value is 1.51. The molecule has 0 heterocycles. The van der Waals surface area contributed by atoms with Crippen LogP contribution in [-0.2, 0) is 10.1 Å². The molecule has 0 amide bonds. The van der Waals surface area contributed by atoms with Crippen LogP contribution >= 0.6 is 0 Å². The van der Waals surface area contributed by atoms with E-state index in [1.165, 1.54) is 70.6 Å². The Morgan fingerprint density at radius 1 is 0.643 bits per heavy atom. The number of unbranched alkanes of at least 4 members (excludes halogenated alkanes) is 15. The normalized spacial score (nSPS) is 12.7. The first-order valence-corrected chi connectivity index (χ1v) is 13.1. The van der Waals surface area contributed by atoms with Gasteiger partial charge in [-0.15, -0.1) is 0 Å². The van der Waals surface area contributed by atoms with Crippen molar-refractivity contribution >= 4 is 10.1 Å². The van der Waals surface area contributed by atoms with Gasteiger partial charge in [0.05, 0.1) is 16.2 Å². The molecule has 0 spiro atoms. The average Bonchev–Trinajstić information content (AvgIpc) is 2.61. The zero-order valence-electron chi connectivity index (χ0n) is 18.8. The fourth-order valence-corrected chi connectivity index (χ4v) is 4.11. The maximum absolute atomic E-state index is 10.5. The summed E-state index contributed by atoms with van der Waals surface area (Å²) >= 11 is 0. The van der Waals surface area contributed by atoms with Gasteiger partial charge in [0, 0.05) is 5.75 Å². The Morgan fingerprint density at radius 2 is 0.964 bits per heavy atom. The molecule has 0 aromatic heterocycles. The van der Waals surface area contributed by atoms with Crippen molar-refractivity contribution in [1.82, 2.24) is 0 Å². The van der Waals surface area contributed by atoms with Crippen molar-refractivity contribution in [3.05, 3.63) is 0 Å². The van der Waals surface area contributed by atoms with E-state index in [1.807, 2.05) is 0 Å². The van der Waals surface area contributed by atoms with Gasteiger partial charge in [0.1, 0.15) is 0 Å². The molecule has 0 rings (SSSR count). The van der Waals surface area contributed by atoms with Crippen molar-refractivity contribution in [2.24, 2.45) is 0 Å². The van der Waals surface area contributed by atoms with Crippen molar-refractivity contribution in [3.8, 4) is 0 Å². The third-order valence-electron chi connectivity index (χ3n) is 5.32. The first-order chi connectivity index (χ1) is 13.0. The smallest absolute Gasteiger partial charge is 0.748 e. The first-order valence-electron chi connectivity index (χ1n) is 11.6. The predicted octanol–water partition coefficient (Wildman–Crippen LogP) is 3.33. The van der Waals surface area contributed by atoms with Gasteiger partial charge in [0.2, 0.25) is 0 Å². The second-order valence-electron chi connectivity index (χ2n) is 8.15. The minimum atomic E-state index is -4.03. The second kappa shape index (κ2) is 23.2. The Morgan fingerprint density at radius 3 is 1.32 bits per heavy atom. The van der Waals surface area contributed by atoms with Gasteiger partial charge in [0.25, 0.3) is 0 Å². The molecular weight excluding hydrogens is 399 g/mol. The van der Waals surface area contributed by atoms with Crippen molar-refractivity contribution in [2.45, 2.75) is 135 Å². The van der Waals surface area contributed by atoms with E-state index in [0.717, 1.165) is 44.9 Å². The van der Waals surface area contributed by atoms with Gasteiger partial charge >= 0.3 is 51.4 Å². The summed E-state index contributed by atoms with van der Waals surface area (Å²) in [7, 11) is -4.03. The van der Waals surface area contributed by atoms with E-state index in [2.05, 4.69) is 6.92 Å². The third-order valence-corrected chi connectivity index (χ3v) is 6.11. The van der Waals surface area contributed by atoms with Crippen molar-refractivity contribution in [1.29, 1.82) is 0 Å². The SMILES string of the molecule is CCCCCCCCCCCC(O)CCCCCCCCCCS(=O)(=O)[O-].[K+]. The van der Waals surface area contributed by atoms with Crippen molar-refractivity contribution in [2.75, 3.05) is 5.75 Å². The van der Waals surface area contributed by atoms with E-state index < -0.39 is 10.1 Å². The molecule has 0 saturated heterocycles. The Balaban J connectivity index is 0. The number of hydrogen-bond acceptors (Lipinski definition) is 4. The Bertz CT molecular complexity index is 401. The minimum absolute atomic E-state index is 0. The van der Waals surface area contributed by atoms with Crippen LogP contribution in [0.25, 0.3) is 0 Å². The van der Waals surface area contributed by atoms with Crippen LogP contribution < -0.4 is 51.4 Å². The fraction of sp³-hybridized carbons (Fsp3) is 1.00. The summed E-state index contributed by atoms with van der Waals surface area (Å²) < 4.78 is 31.4. The van der Waals surface area contributed by atoms with Gasteiger partial charge in [-0.05, 0) is 19.3 Å². The summed E-state index contributed by atoms with van der Waals surface area (Å²) in [6.45, 7) is 2.25. The molecule has 164 valence electrons. The van der Waals surface area contributed by atoms with Crippen LogP contribution in [0, 0.1) is 0 Å². The molecule has 1 atom stereocenters. The molecule has 4 nitrogen and oxygen atoms in total. The molecule has 0 aliphatic carbocycles. The zero-order valence-corrected chi connectivity index (χ0v) is 22.7. The van der Waals surface area contributed by atoms with E-state index in [1.54, 1.807) is 0 Å². The zero-order chi connectivity index (χ0) is 20.2. The van der Waals surface area contributed by atoms with Gasteiger partial charge in [-0.3, -0.25) is 0 Å². The topological polar surface area (TPSA) is 77.4 Å². The summed E-state index contributed by atoms with van der Waals surface area (Å²) in [5.74, 6) is -0.218. The Kier molecular flexibility index (Phi) is 26.2. The summed E-state index contributed by atoms with van der Waals surface area (Å²) in [6, 6.07) is 0. The first kappa shape index (κ1) is 31.7. The molecular formula is C22H45KO4S. The average molecular weight is 445 g/mol. The minimum Gasteiger partial charge on any atom is -0.748 e. The van der Waals surface area contributed by atoms with Gasteiger partial charge in [-0.25, -0.2) is 8.42 Å². The summed E-state index contributed by atoms with van der Waals surface area (Å²) in [5.41, 5.74) is 0. The molecule has 1 unspecified atom stereocenters. The van der Waals surface area contributed by atoms with E-state index in [-0.39, 0.29) is 63.2 Å². The molecule has 28 heavy (non-hydrogen) atoms. The molecule has 6 heteroatoms. The fourth-order valence-electron chi connectivity index (χ4n) is 3.55. The molecule has 0 aromatic carbocycles. The standard InChI is InChI=1S/C22H46O4S.K/c1-2-3-4-5-6-7-10-13-16-19-22(23)20-17-14-11-8-9-12-15-18-21-27(24,25)26;/h22-23H,2-21H2,1H3,(H,24,25,26);/q;+1/p-1. The van der Waals surface area contributed by atoms with Crippen LogP contribution in [0.2, 0.25) is 0 Å². The molecule has 0 aromatic rings. The van der Waals surface area contributed by atoms with Crippen LogP contribution in [0.15, 0.2) is 0 Å². The van der Waals surface area contributed by atoms with Crippen molar-refractivity contribution < 1.29 is 69.5 Å². The number of hydrogen-bond donors (Lipinski definition) is 1. The van der Waals surface area contributed by atoms with Crippen LogP contribution in [0.5, 0.6) is 0 Å². The van der Waals surface area contributed by atoms with Crippen LogP contribution in [0.4, 0.5) is 0 Å². The largest absolute Gasteiger partial charge is 1.00 e. The van der Waals surface area contributed by atoms with Crippen molar-refractivity contribution in [3.63, 3.8) is 0 Å².